The molecule has 20 heavy (non-hydrogen) atoms. The zero-order valence-electron chi connectivity index (χ0n) is 12.0. The van der Waals surface area contributed by atoms with Crippen LogP contribution in [0.4, 0.5) is 0 Å². The van der Waals surface area contributed by atoms with Crippen molar-refractivity contribution < 1.29 is 8.42 Å². The number of hydrogen-bond donors (Lipinski definition) is 1. The maximum atomic E-state index is 12.4. The maximum absolute atomic E-state index is 12.4. The van der Waals surface area contributed by atoms with Crippen LogP contribution in [0.25, 0.3) is 0 Å². The molecule has 1 fully saturated rings. The van der Waals surface area contributed by atoms with Crippen LogP contribution in [0.15, 0.2) is 24.5 Å². The minimum absolute atomic E-state index is 0.184. The van der Waals surface area contributed by atoms with E-state index in [-0.39, 0.29) is 5.75 Å². The van der Waals surface area contributed by atoms with Crippen LogP contribution in [0.3, 0.4) is 0 Å². The van der Waals surface area contributed by atoms with Gasteiger partial charge in [0.25, 0.3) is 0 Å². The fourth-order valence-electron chi connectivity index (χ4n) is 2.66. The number of hydrogen-bond acceptors (Lipinski definition) is 4. The molecule has 0 amide bonds. The number of sulfonamides is 1. The van der Waals surface area contributed by atoms with Crippen LogP contribution in [0.1, 0.15) is 18.4 Å². The summed E-state index contributed by atoms with van der Waals surface area (Å²) in [4.78, 5) is 3.94. The Labute approximate surface area is 121 Å². The Morgan fingerprint density at radius 1 is 1.40 bits per heavy atom. The summed E-state index contributed by atoms with van der Waals surface area (Å²) in [6.07, 6.45) is 6.02. The van der Waals surface area contributed by atoms with Gasteiger partial charge in [-0.05, 0) is 56.5 Å². The minimum Gasteiger partial charge on any atom is -0.319 e. The van der Waals surface area contributed by atoms with Gasteiger partial charge in [0, 0.05) is 25.5 Å². The number of nitrogens with one attached hydrogen (secondary N) is 1. The highest BCUT2D eigenvalue weighted by atomic mass is 32.2. The van der Waals surface area contributed by atoms with Crippen molar-refractivity contribution in [1.29, 1.82) is 0 Å². The van der Waals surface area contributed by atoms with Gasteiger partial charge in [-0.3, -0.25) is 4.98 Å². The maximum Gasteiger partial charge on any atom is 0.214 e. The standard InChI is InChI=1S/C14H23N3O2S/c1-15-11-14-3-2-9-17(12-14)20(18,19)10-6-13-4-7-16-8-5-13/h4-5,7-8,14-15H,2-3,6,9-12H2,1H3. The molecular weight excluding hydrogens is 274 g/mol. The quantitative estimate of drug-likeness (QED) is 0.847. The van der Waals surface area contributed by atoms with Crippen molar-refractivity contribution >= 4 is 10.0 Å². The SMILES string of the molecule is CNCC1CCCN(S(=O)(=O)CCc2ccncc2)C1. The molecular formula is C14H23N3O2S. The Hall–Kier alpha value is -0.980. The first-order chi connectivity index (χ1) is 9.62. The van der Waals surface area contributed by atoms with Gasteiger partial charge in [-0.2, -0.15) is 0 Å². The molecule has 5 nitrogen and oxygen atoms in total. The number of piperidine rings is 1. The predicted molar refractivity (Wildman–Crippen MR) is 80.0 cm³/mol. The molecule has 1 unspecified atom stereocenters. The molecule has 2 heterocycles. The average Bonchev–Trinajstić information content (AvgIpc) is 2.47. The highest BCUT2D eigenvalue weighted by Crippen LogP contribution is 2.19. The normalized spacial score (nSPS) is 20.9. The second-order valence-corrected chi connectivity index (χ2v) is 7.43. The molecule has 1 N–H and O–H groups in total. The molecule has 1 aliphatic heterocycles. The van der Waals surface area contributed by atoms with E-state index in [0.717, 1.165) is 24.9 Å². The molecule has 1 aliphatic rings. The van der Waals surface area contributed by atoms with E-state index in [1.807, 2.05) is 19.2 Å². The van der Waals surface area contributed by atoms with Crippen LogP contribution in [0, 0.1) is 5.92 Å². The third kappa shape index (κ3) is 4.26. The van der Waals surface area contributed by atoms with Gasteiger partial charge in [0.1, 0.15) is 0 Å². The molecule has 0 aromatic carbocycles. The van der Waals surface area contributed by atoms with E-state index in [1.165, 1.54) is 0 Å². The van der Waals surface area contributed by atoms with E-state index < -0.39 is 10.0 Å². The van der Waals surface area contributed by atoms with Crippen LogP contribution in [-0.4, -0.2) is 50.1 Å². The van der Waals surface area contributed by atoms with Crippen LogP contribution in [0.5, 0.6) is 0 Å². The average molecular weight is 297 g/mol. The van der Waals surface area contributed by atoms with Crippen LogP contribution in [-0.2, 0) is 16.4 Å². The lowest BCUT2D eigenvalue weighted by molar-refractivity contribution is 0.263. The lowest BCUT2D eigenvalue weighted by Crippen LogP contribution is -2.43. The highest BCUT2D eigenvalue weighted by molar-refractivity contribution is 7.89. The zero-order chi connectivity index (χ0) is 14.4. The van der Waals surface area contributed by atoms with Crippen molar-refractivity contribution in [3.8, 4) is 0 Å². The number of nitrogens with zero attached hydrogens (tertiary/aromatic N) is 2. The van der Waals surface area contributed by atoms with Crippen molar-refractivity contribution in [2.45, 2.75) is 19.3 Å². The van der Waals surface area contributed by atoms with E-state index in [9.17, 15) is 8.42 Å². The Balaban J connectivity index is 1.92. The first-order valence-electron chi connectivity index (χ1n) is 7.13. The Bertz CT molecular complexity index is 502. The molecule has 0 bridgehead atoms. The fraction of sp³-hybridized carbons (Fsp3) is 0.643. The monoisotopic (exact) mass is 297 g/mol. The third-order valence-corrected chi connectivity index (χ3v) is 5.60. The van der Waals surface area contributed by atoms with Crippen LogP contribution >= 0.6 is 0 Å². The predicted octanol–water partition coefficient (Wildman–Crippen LogP) is 0.885. The molecule has 0 radical (unpaired) electrons. The lowest BCUT2D eigenvalue weighted by Gasteiger charge is -2.31. The molecule has 0 aliphatic carbocycles. The Morgan fingerprint density at radius 3 is 2.85 bits per heavy atom. The van der Waals surface area contributed by atoms with E-state index in [1.54, 1.807) is 16.7 Å². The minimum atomic E-state index is -3.15. The first kappa shape index (κ1) is 15.4. The molecule has 0 saturated carbocycles. The molecule has 1 saturated heterocycles. The van der Waals surface area contributed by atoms with Crippen molar-refractivity contribution in [3.05, 3.63) is 30.1 Å². The first-order valence-corrected chi connectivity index (χ1v) is 8.74. The van der Waals surface area contributed by atoms with Crippen molar-refractivity contribution in [3.63, 3.8) is 0 Å². The summed E-state index contributed by atoms with van der Waals surface area (Å²) < 4.78 is 26.5. The summed E-state index contributed by atoms with van der Waals surface area (Å²) in [7, 11) is -1.23. The molecule has 1 aromatic rings. The highest BCUT2D eigenvalue weighted by Gasteiger charge is 2.28. The van der Waals surface area contributed by atoms with Gasteiger partial charge in [0.2, 0.25) is 10.0 Å². The van der Waals surface area contributed by atoms with Gasteiger partial charge in [0.15, 0.2) is 0 Å². The third-order valence-electron chi connectivity index (χ3n) is 3.77. The van der Waals surface area contributed by atoms with E-state index in [0.29, 0.717) is 25.4 Å². The van der Waals surface area contributed by atoms with Gasteiger partial charge in [0.05, 0.1) is 5.75 Å². The van der Waals surface area contributed by atoms with Crippen molar-refractivity contribution in [2.24, 2.45) is 5.92 Å². The van der Waals surface area contributed by atoms with Gasteiger partial charge in [-0.15, -0.1) is 0 Å². The number of rotatable bonds is 6. The van der Waals surface area contributed by atoms with Gasteiger partial charge in [-0.1, -0.05) is 0 Å². The molecule has 2 rings (SSSR count). The van der Waals surface area contributed by atoms with Crippen molar-refractivity contribution in [1.82, 2.24) is 14.6 Å². The zero-order valence-corrected chi connectivity index (χ0v) is 12.8. The van der Waals surface area contributed by atoms with Gasteiger partial charge < -0.3 is 5.32 Å². The molecule has 1 atom stereocenters. The Kier molecular flexibility index (Phi) is 5.51. The lowest BCUT2D eigenvalue weighted by atomic mass is 10.00. The summed E-state index contributed by atoms with van der Waals surface area (Å²) in [5, 5.41) is 3.14. The molecule has 112 valence electrons. The molecule has 0 spiro atoms. The summed E-state index contributed by atoms with van der Waals surface area (Å²) in [5.41, 5.74) is 1.02. The second kappa shape index (κ2) is 7.15. The van der Waals surface area contributed by atoms with E-state index in [4.69, 9.17) is 0 Å². The fourth-order valence-corrected chi connectivity index (χ4v) is 4.26. The summed E-state index contributed by atoms with van der Waals surface area (Å²) in [6.45, 7) is 2.20. The summed E-state index contributed by atoms with van der Waals surface area (Å²) in [6, 6.07) is 3.74. The van der Waals surface area contributed by atoms with Crippen molar-refractivity contribution in [2.75, 3.05) is 32.4 Å². The van der Waals surface area contributed by atoms with Gasteiger partial charge in [-0.25, -0.2) is 12.7 Å². The molecule has 6 heteroatoms. The summed E-state index contributed by atoms with van der Waals surface area (Å²) in [5.74, 6) is 0.618. The van der Waals surface area contributed by atoms with Crippen LogP contribution in [0.2, 0.25) is 0 Å². The number of aryl methyl sites for hydroxylation is 1. The second-order valence-electron chi connectivity index (χ2n) is 5.35. The van der Waals surface area contributed by atoms with Crippen LogP contribution < -0.4 is 5.32 Å². The largest absolute Gasteiger partial charge is 0.319 e. The number of pyridine rings is 1. The van der Waals surface area contributed by atoms with E-state index >= 15 is 0 Å². The molecule has 1 aromatic heterocycles. The Morgan fingerprint density at radius 2 is 2.15 bits per heavy atom. The number of aromatic nitrogens is 1. The topological polar surface area (TPSA) is 62.3 Å². The summed E-state index contributed by atoms with van der Waals surface area (Å²) >= 11 is 0. The van der Waals surface area contributed by atoms with Gasteiger partial charge >= 0.3 is 0 Å². The van der Waals surface area contributed by atoms with E-state index in [2.05, 4.69) is 10.3 Å². The smallest absolute Gasteiger partial charge is 0.214 e.